The molecule has 7 heteroatoms. The molecule has 0 atom stereocenters. The largest absolute Gasteiger partial charge is 0.508 e. The molecule has 0 heterocycles. The van der Waals surface area contributed by atoms with Crippen LogP contribution in [0.1, 0.15) is 0 Å². The van der Waals surface area contributed by atoms with Gasteiger partial charge >= 0.3 is 5.97 Å². The Hall–Kier alpha value is -2.54. The maximum Gasteiger partial charge on any atom is 0.341 e. The van der Waals surface area contributed by atoms with E-state index in [0.717, 1.165) is 13.2 Å². The number of carbonyl (C=O) groups excluding carboxylic acids is 1. The van der Waals surface area contributed by atoms with E-state index in [1.807, 2.05) is 0 Å². The normalized spacial score (nSPS) is 12.7. The van der Waals surface area contributed by atoms with Crippen molar-refractivity contribution in [2.75, 3.05) is 21.2 Å². The van der Waals surface area contributed by atoms with E-state index >= 15 is 0 Å². The van der Waals surface area contributed by atoms with Gasteiger partial charge < -0.3 is 14.7 Å². The number of methoxy groups -OCH3 is 1. The molecule has 0 spiro atoms. The summed E-state index contributed by atoms with van der Waals surface area (Å²) in [7, 11) is 0.519. The van der Waals surface area contributed by atoms with Crippen molar-refractivity contribution in [3.8, 4) is 0 Å². The Balaban J connectivity index is 3.54. The summed E-state index contributed by atoms with van der Waals surface area (Å²) in [6.45, 7) is 3.26. The van der Waals surface area contributed by atoms with Crippen molar-refractivity contribution in [3.05, 3.63) is 65.4 Å². The van der Waals surface area contributed by atoms with Gasteiger partial charge in [-0.15, -0.1) is 0 Å². The predicted molar refractivity (Wildman–Crippen MR) is 87.3 cm³/mol. The lowest BCUT2D eigenvalue weighted by molar-refractivity contribution is -0.136. The van der Waals surface area contributed by atoms with Crippen molar-refractivity contribution in [1.29, 1.82) is 0 Å². The number of hydrogen-bond donors (Lipinski definition) is 1. The lowest BCUT2D eigenvalue weighted by Gasteiger charge is -2.12. The number of hydrogen-bond acceptors (Lipinski definition) is 6. The number of aliphatic hydroxyl groups is 1. The molecule has 0 unspecified atom stereocenters. The zero-order valence-electron chi connectivity index (χ0n) is 13.2. The number of benzene rings is 1. The maximum absolute atomic E-state index is 12.7. The molecule has 0 saturated heterocycles. The van der Waals surface area contributed by atoms with E-state index in [-0.39, 0.29) is 15.4 Å². The first kappa shape index (κ1) is 18.5. The summed E-state index contributed by atoms with van der Waals surface area (Å²) in [4.78, 5) is 13.1. The third kappa shape index (κ3) is 4.72. The van der Waals surface area contributed by atoms with Crippen LogP contribution in [0.2, 0.25) is 0 Å². The van der Waals surface area contributed by atoms with Gasteiger partial charge in [0.15, 0.2) is 0 Å². The summed E-state index contributed by atoms with van der Waals surface area (Å²) in [6.07, 6.45) is 2.37. The van der Waals surface area contributed by atoms with Crippen LogP contribution in [0.5, 0.6) is 0 Å². The summed E-state index contributed by atoms with van der Waals surface area (Å²) in [5.41, 5.74) is -0.333. The molecule has 124 valence electrons. The molecule has 0 aliphatic heterocycles. The molecule has 0 saturated carbocycles. The van der Waals surface area contributed by atoms with Crippen molar-refractivity contribution in [3.63, 3.8) is 0 Å². The molecule has 0 aliphatic rings. The molecule has 1 N–H and O–H groups in total. The number of sulfone groups is 1. The average Bonchev–Trinajstić information content (AvgIpc) is 2.50. The van der Waals surface area contributed by atoms with E-state index in [9.17, 15) is 18.3 Å². The van der Waals surface area contributed by atoms with Crippen molar-refractivity contribution in [2.45, 2.75) is 4.90 Å². The second-order valence-corrected chi connectivity index (χ2v) is 6.76. The van der Waals surface area contributed by atoms with E-state index < -0.39 is 21.6 Å². The zero-order valence-corrected chi connectivity index (χ0v) is 14.0. The summed E-state index contributed by atoms with van der Waals surface area (Å²) in [6, 6.07) is 7.77. The minimum absolute atomic E-state index is 0.0668. The molecule has 0 fully saturated rings. The number of nitrogens with zero attached hydrogens (tertiary/aromatic N) is 1. The van der Waals surface area contributed by atoms with Crippen molar-refractivity contribution >= 4 is 15.8 Å². The zero-order chi connectivity index (χ0) is 17.6. The molecule has 1 aromatic carbocycles. The molecular weight excluding hydrogens is 318 g/mol. The lowest BCUT2D eigenvalue weighted by Crippen LogP contribution is -2.13. The SMILES string of the molecule is C=C(O)/C(=C\C(=C\N(C)C)S(=O)(=O)c1ccccc1)C(=O)OC. The van der Waals surface area contributed by atoms with Gasteiger partial charge in [-0.25, -0.2) is 13.2 Å². The standard InChI is InChI=1S/C16H19NO5S/c1-12(18)15(16(19)22-4)10-14(11-17(2)3)23(20,21)13-8-6-5-7-9-13/h5-11,18H,1H2,2-4H3/b14-11-,15-10+. The number of aliphatic hydroxyl groups excluding tert-OH is 1. The van der Waals surface area contributed by atoms with Crippen LogP contribution < -0.4 is 0 Å². The number of ether oxygens (including phenoxy) is 1. The molecule has 0 radical (unpaired) electrons. The molecule has 0 aliphatic carbocycles. The van der Waals surface area contributed by atoms with Gasteiger partial charge in [-0.1, -0.05) is 24.8 Å². The van der Waals surface area contributed by atoms with Gasteiger partial charge in [-0.3, -0.25) is 0 Å². The van der Waals surface area contributed by atoms with Crippen LogP contribution >= 0.6 is 0 Å². The highest BCUT2D eigenvalue weighted by Gasteiger charge is 2.23. The molecule has 6 nitrogen and oxygen atoms in total. The fraction of sp³-hybridized carbons (Fsp3) is 0.188. The molecule has 23 heavy (non-hydrogen) atoms. The van der Waals surface area contributed by atoms with Crippen LogP contribution in [0.4, 0.5) is 0 Å². The topological polar surface area (TPSA) is 83.9 Å². The van der Waals surface area contributed by atoms with E-state index in [1.54, 1.807) is 32.3 Å². The van der Waals surface area contributed by atoms with E-state index in [2.05, 4.69) is 11.3 Å². The van der Waals surface area contributed by atoms with E-state index in [0.29, 0.717) is 0 Å². The predicted octanol–water partition coefficient (Wildman–Crippen LogP) is 2.03. The second kappa shape index (κ2) is 7.64. The quantitative estimate of drug-likeness (QED) is 0.370. The van der Waals surface area contributed by atoms with Gasteiger partial charge in [0.25, 0.3) is 0 Å². The van der Waals surface area contributed by atoms with Crippen LogP contribution in [0.15, 0.2) is 70.3 Å². The van der Waals surface area contributed by atoms with Crippen LogP contribution in [-0.4, -0.2) is 45.6 Å². The van der Waals surface area contributed by atoms with Crippen LogP contribution in [-0.2, 0) is 19.4 Å². The highest BCUT2D eigenvalue weighted by Crippen LogP contribution is 2.23. The summed E-state index contributed by atoms with van der Waals surface area (Å²) in [5, 5.41) is 9.53. The molecule has 0 bridgehead atoms. The lowest BCUT2D eigenvalue weighted by atomic mass is 10.2. The first-order valence-electron chi connectivity index (χ1n) is 6.56. The molecular formula is C16H19NO5S. The molecule has 0 aromatic heterocycles. The Labute approximate surface area is 135 Å². The smallest absolute Gasteiger partial charge is 0.341 e. The third-order valence-corrected chi connectivity index (χ3v) is 4.49. The third-order valence-electron chi connectivity index (χ3n) is 2.75. The molecule has 1 rings (SSSR count). The first-order valence-corrected chi connectivity index (χ1v) is 8.05. The Kier molecular flexibility index (Phi) is 6.15. The fourth-order valence-electron chi connectivity index (χ4n) is 1.69. The Morgan fingerprint density at radius 2 is 1.83 bits per heavy atom. The van der Waals surface area contributed by atoms with E-state index in [1.165, 1.54) is 23.2 Å². The first-order chi connectivity index (χ1) is 10.7. The van der Waals surface area contributed by atoms with Gasteiger partial charge in [0.05, 0.1) is 16.9 Å². The summed E-state index contributed by atoms with van der Waals surface area (Å²) >= 11 is 0. The average molecular weight is 337 g/mol. The van der Waals surface area contributed by atoms with Crippen molar-refractivity contribution in [2.24, 2.45) is 0 Å². The monoisotopic (exact) mass is 337 g/mol. The van der Waals surface area contributed by atoms with Crippen LogP contribution in [0.3, 0.4) is 0 Å². The summed E-state index contributed by atoms with van der Waals surface area (Å²) in [5.74, 6) is -1.46. The van der Waals surface area contributed by atoms with Crippen LogP contribution in [0, 0.1) is 0 Å². The minimum atomic E-state index is -3.88. The number of rotatable bonds is 6. The number of esters is 1. The second-order valence-electron chi connectivity index (χ2n) is 4.81. The van der Waals surface area contributed by atoms with Gasteiger partial charge in [0.1, 0.15) is 11.3 Å². The minimum Gasteiger partial charge on any atom is -0.508 e. The Morgan fingerprint density at radius 3 is 2.26 bits per heavy atom. The van der Waals surface area contributed by atoms with Gasteiger partial charge in [-0.05, 0) is 18.2 Å². The molecule has 0 amide bonds. The van der Waals surface area contributed by atoms with Crippen LogP contribution in [0.25, 0.3) is 0 Å². The number of carbonyl (C=O) groups is 1. The van der Waals surface area contributed by atoms with Gasteiger partial charge in [0, 0.05) is 20.3 Å². The fourth-order valence-corrected chi connectivity index (χ4v) is 3.10. The summed E-state index contributed by atoms with van der Waals surface area (Å²) < 4.78 is 30.0. The van der Waals surface area contributed by atoms with E-state index in [4.69, 9.17) is 0 Å². The molecule has 1 aromatic rings. The van der Waals surface area contributed by atoms with Crippen molar-refractivity contribution in [1.82, 2.24) is 4.90 Å². The van der Waals surface area contributed by atoms with Gasteiger partial charge in [-0.2, -0.15) is 0 Å². The maximum atomic E-state index is 12.7. The highest BCUT2D eigenvalue weighted by atomic mass is 32.2. The Bertz CT molecular complexity index is 746. The Morgan fingerprint density at radius 1 is 1.26 bits per heavy atom. The number of allylic oxidation sites excluding steroid dienone is 1. The highest BCUT2D eigenvalue weighted by molar-refractivity contribution is 7.95. The van der Waals surface area contributed by atoms with Crippen molar-refractivity contribution < 1.29 is 23.1 Å². The van der Waals surface area contributed by atoms with Gasteiger partial charge in [0.2, 0.25) is 9.84 Å².